The summed E-state index contributed by atoms with van der Waals surface area (Å²) < 4.78 is 24.9. The summed E-state index contributed by atoms with van der Waals surface area (Å²) in [6, 6.07) is 7.16. The topological polar surface area (TPSA) is 104 Å². The molecule has 7 nitrogen and oxygen atoms in total. The van der Waals surface area contributed by atoms with Gasteiger partial charge in [-0.05, 0) is 24.6 Å². The second-order valence-corrected chi connectivity index (χ2v) is 10.5. The molecule has 0 radical (unpaired) electrons. The molecule has 2 saturated heterocycles. The highest BCUT2D eigenvalue weighted by Gasteiger charge is 2.49. The molecule has 2 aliphatic heterocycles. The van der Waals surface area contributed by atoms with Crippen LogP contribution in [0.3, 0.4) is 0 Å². The molecule has 2 atom stereocenters. The number of amides is 1. The number of carboxylic acids is 1. The number of carbonyl (C=O) groups excluding carboxylic acids is 1. The van der Waals surface area contributed by atoms with E-state index in [4.69, 9.17) is 5.11 Å². The van der Waals surface area contributed by atoms with Crippen LogP contribution in [0.2, 0.25) is 0 Å². The molecule has 2 aliphatic rings. The fourth-order valence-electron chi connectivity index (χ4n) is 3.05. The number of anilines is 1. The van der Waals surface area contributed by atoms with Gasteiger partial charge in [0.15, 0.2) is 15.0 Å². The van der Waals surface area contributed by atoms with E-state index in [1.165, 1.54) is 11.8 Å². The number of thioether (sulfide) groups is 1. The molecule has 0 saturated carbocycles. The molecule has 0 aromatic heterocycles. The van der Waals surface area contributed by atoms with E-state index in [9.17, 15) is 18.0 Å². The number of hydrogen-bond acceptors (Lipinski definition) is 5. The van der Waals surface area contributed by atoms with Gasteiger partial charge in [-0.2, -0.15) is 4.99 Å². The Labute approximate surface area is 163 Å². The van der Waals surface area contributed by atoms with Crippen molar-refractivity contribution in [2.75, 3.05) is 16.4 Å². The Balaban J connectivity index is 1.85. The lowest BCUT2D eigenvalue weighted by atomic mass is 10.2. The molecule has 2 fully saturated rings. The van der Waals surface area contributed by atoms with Crippen molar-refractivity contribution in [1.82, 2.24) is 0 Å². The van der Waals surface area contributed by atoms with Crippen LogP contribution < -0.4 is 4.90 Å². The first-order chi connectivity index (χ1) is 12.2. The number of halogens is 1. The minimum Gasteiger partial charge on any atom is -0.481 e. The average Bonchev–Trinajstić information content (AvgIpc) is 2.97. The van der Waals surface area contributed by atoms with Crippen molar-refractivity contribution in [3.63, 3.8) is 0 Å². The summed E-state index contributed by atoms with van der Waals surface area (Å²) in [5.41, 5.74) is 0.772. The lowest BCUT2D eigenvalue weighted by Crippen LogP contribution is -2.37. The van der Waals surface area contributed by atoms with E-state index in [2.05, 4.69) is 20.9 Å². The summed E-state index contributed by atoms with van der Waals surface area (Å²) in [6.07, 6.45) is 0.201. The van der Waals surface area contributed by atoms with E-state index in [0.29, 0.717) is 5.17 Å². The molecule has 3 rings (SSSR count). The molecule has 1 aromatic rings. The Hall–Kier alpha value is -1.39. The summed E-state index contributed by atoms with van der Waals surface area (Å²) in [7, 11) is -3.11. The molecule has 0 bridgehead atoms. The third-order valence-electron chi connectivity index (χ3n) is 4.15. The second kappa shape index (κ2) is 7.69. The summed E-state index contributed by atoms with van der Waals surface area (Å²) in [5.74, 6) is -1.24. The fraction of sp³-hybridized carbons (Fsp3) is 0.438. The fourth-order valence-corrected chi connectivity index (χ4v) is 7.36. The van der Waals surface area contributed by atoms with Gasteiger partial charge in [0.2, 0.25) is 5.91 Å². The number of aliphatic imine (C=N–C) groups is 1. The second-order valence-electron chi connectivity index (χ2n) is 6.19. The number of fused-ring (bicyclic) bond motifs is 1. The number of carboxylic acid groups (broad SMARTS) is 1. The molecule has 0 unspecified atom stereocenters. The van der Waals surface area contributed by atoms with E-state index in [-0.39, 0.29) is 42.1 Å². The summed E-state index contributed by atoms with van der Waals surface area (Å²) in [5, 5.41) is 8.98. The first-order valence-electron chi connectivity index (χ1n) is 8.00. The smallest absolute Gasteiger partial charge is 0.303 e. The van der Waals surface area contributed by atoms with Gasteiger partial charge in [-0.3, -0.25) is 9.59 Å². The van der Waals surface area contributed by atoms with E-state index < -0.39 is 21.7 Å². The van der Waals surface area contributed by atoms with Gasteiger partial charge < -0.3 is 10.0 Å². The molecular weight excluding hydrogens is 444 g/mol. The Kier molecular flexibility index (Phi) is 5.73. The Morgan fingerprint density at radius 3 is 2.77 bits per heavy atom. The number of benzene rings is 1. The molecule has 10 heteroatoms. The van der Waals surface area contributed by atoms with Crippen LogP contribution in [0.4, 0.5) is 5.69 Å². The lowest BCUT2D eigenvalue weighted by Gasteiger charge is -2.24. The number of sulfone groups is 1. The van der Waals surface area contributed by atoms with Gasteiger partial charge >= 0.3 is 5.97 Å². The monoisotopic (exact) mass is 460 g/mol. The van der Waals surface area contributed by atoms with Crippen molar-refractivity contribution in [2.45, 2.75) is 30.6 Å². The van der Waals surface area contributed by atoms with E-state index in [0.717, 1.165) is 10.2 Å². The van der Waals surface area contributed by atoms with Crippen LogP contribution in [0.25, 0.3) is 0 Å². The summed E-state index contributed by atoms with van der Waals surface area (Å²) in [4.78, 5) is 28.7. The molecule has 0 spiro atoms. The standard InChI is InChI=1S/C16H17BrN2O5S2/c17-10-3-1-4-11(7-10)19-12-8-26(23,24)9-13(12)25-16(19)18-14(20)5-2-6-15(21)22/h1,3-4,7,12-13H,2,5-6,8-9H2,(H,21,22)/t12-,13+/m1/s1. The van der Waals surface area contributed by atoms with Crippen molar-refractivity contribution < 1.29 is 23.1 Å². The van der Waals surface area contributed by atoms with Crippen LogP contribution in [0.5, 0.6) is 0 Å². The third-order valence-corrected chi connectivity index (χ3v) is 7.86. The van der Waals surface area contributed by atoms with Crippen molar-refractivity contribution >= 4 is 60.3 Å². The molecule has 1 aromatic carbocycles. The van der Waals surface area contributed by atoms with Gasteiger partial charge in [-0.25, -0.2) is 8.42 Å². The molecule has 1 amide bonds. The van der Waals surface area contributed by atoms with Gasteiger partial charge in [0.1, 0.15) is 0 Å². The number of rotatable bonds is 5. The van der Waals surface area contributed by atoms with Crippen LogP contribution in [0.15, 0.2) is 33.7 Å². The van der Waals surface area contributed by atoms with Gasteiger partial charge in [0, 0.05) is 28.3 Å². The number of aliphatic carboxylic acids is 1. The maximum Gasteiger partial charge on any atom is 0.303 e. The van der Waals surface area contributed by atoms with E-state index in [1.807, 2.05) is 29.2 Å². The summed E-state index contributed by atoms with van der Waals surface area (Å²) >= 11 is 4.71. The van der Waals surface area contributed by atoms with Gasteiger partial charge in [-0.15, -0.1) is 0 Å². The quantitative estimate of drug-likeness (QED) is 0.718. The van der Waals surface area contributed by atoms with Crippen molar-refractivity contribution in [3.05, 3.63) is 28.7 Å². The highest BCUT2D eigenvalue weighted by molar-refractivity contribution is 9.10. The normalized spacial score (nSPS) is 25.4. The minimum absolute atomic E-state index is 0.0312. The van der Waals surface area contributed by atoms with Crippen LogP contribution in [0, 0.1) is 0 Å². The van der Waals surface area contributed by atoms with Crippen molar-refractivity contribution in [1.29, 1.82) is 0 Å². The van der Waals surface area contributed by atoms with E-state index >= 15 is 0 Å². The SMILES string of the molecule is O=C(O)CCCC(=O)N=C1S[C@H]2CS(=O)(=O)C[C@H]2N1c1cccc(Br)c1. The van der Waals surface area contributed by atoms with Gasteiger partial charge in [0.25, 0.3) is 0 Å². The van der Waals surface area contributed by atoms with E-state index in [1.54, 1.807) is 0 Å². The molecule has 2 heterocycles. The van der Waals surface area contributed by atoms with Crippen LogP contribution >= 0.6 is 27.7 Å². The Bertz CT molecular complexity index is 871. The molecule has 0 aliphatic carbocycles. The van der Waals surface area contributed by atoms with Crippen molar-refractivity contribution in [2.24, 2.45) is 4.99 Å². The predicted octanol–water partition coefficient (Wildman–Crippen LogP) is 2.31. The highest BCUT2D eigenvalue weighted by atomic mass is 79.9. The number of hydrogen-bond donors (Lipinski definition) is 1. The zero-order valence-electron chi connectivity index (χ0n) is 13.7. The van der Waals surface area contributed by atoms with Gasteiger partial charge in [0.05, 0.1) is 17.5 Å². The van der Waals surface area contributed by atoms with Crippen LogP contribution in [-0.4, -0.2) is 53.4 Å². The predicted molar refractivity (Wildman–Crippen MR) is 104 cm³/mol. The molecule has 140 valence electrons. The maximum atomic E-state index is 12.1. The highest BCUT2D eigenvalue weighted by Crippen LogP contribution is 2.41. The molecule has 26 heavy (non-hydrogen) atoms. The lowest BCUT2D eigenvalue weighted by molar-refractivity contribution is -0.137. The zero-order chi connectivity index (χ0) is 18.9. The first-order valence-corrected chi connectivity index (χ1v) is 11.5. The molecular formula is C16H17BrN2O5S2. The van der Waals surface area contributed by atoms with Crippen LogP contribution in [-0.2, 0) is 19.4 Å². The average molecular weight is 461 g/mol. The maximum absolute atomic E-state index is 12.1. The third kappa shape index (κ3) is 4.47. The Morgan fingerprint density at radius 2 is 2.08 bits per heavy atom. The summed E-state index contributed by atoms with van der Waals surface area (Å²) in [6.45, 7) is 0. The number of amidine groups is 1. The van der Waals surface area contributed by atoms with Gasteiger partial charge in [-0.1, -0.05) is 33.8 Å². The minimum atomic E-state index is -3.11. The largest absolute Gasteiger partial charge is 0.481 e. The zero-order valence-corrected chi connectivity index (χ0v) is 16.9. The van der Waals surface area contributed by atoms with Crippen LogP contribution in [0.1, 0.15) is 19.3 Å². The number of nitrogens with zero attached hydrogens (tertiary/aromatic N) is 2. The number of carbonyl (C=O) groups is 2. The first kappa shape index (κ1) is 19.4. The Morgan fingerprint density at radius 1 is 1.31 bits per heavy atom. The molecule has 1 N–H and O–H groups in total. The van der Waals surface area contributed by atoms with Crippen molar-refractivity contribution in [3.8, 4) is 0 Å².